The van der Waals surface area contributed by atoms with Crippen molar-refractivity contribution in [3.05, 3.63) is 42.7 Å². The normalized spacial score (nSPS) is 25.3. The minimum absolute atomic E-state index is 0.0469. The summed E-state index contributed by atoms with van der Waals surface area (Å²) >= 11 is 0. The molecule has 1 saturated heterocycles. The van der Waals surface area contributed by atoms with Gasteiger partial charge < -0.3 is 19.6 Å². The van der Waals surface area contributed by atoms with Gasteiger partial charge >= 0.3 is 0 Å². The van der Waals surface area contributed by atoms with E-state index < -0.39 is 16.1 Å². The number of sulfonamides is 1. The number of pyridine rings is 1. The average molecular weight is 529 g/mol. The van der Waals surface area contributed by atoms with Gasteiger partial charge in [-0.15, -0.1) is 0 Å². The van der Waals surface area contributed by atoms with E-state index in [1.807, 2.05) is 35.9 Å². The number of amides is 1. The Bertz CT molecular complexity index is 1240. The number of hydrogen-bond acceptors (Lipinski definition) is 7. The number of nitrogens with zero attached hydrogens (tertiary/aromatic N) is 3. The molecule has 5 rings (SSSR count). The van der Waals surface area contributed by atoms with E-state index in [4.69, 9.17) is 4.74 Å². The third-order valence-corrected chi connectivity index (χ3v) is 9.49. The SMILES string of the molecule is CN1CC(O)CNS(=O)(=O)c2ccc(-c3cccnc3)cc2OCC2(CCN(C(=O)C3(C)CC3)CC2)C1. The lowest BCUT2D eigenvalue weighted by atomic mass is 9.78. The van der Waals surface area contributed by atoms with Gasteiger partial charge in [0.15, 0.2) is 0 Å². The van der Waals surface area contributed by atoms with Crippen LogP contribution in [0.1, 0.15) is 32.6 Å². The molecule has 1 aromatic heterocycles. The van der Waals surface area contributed by atoms with E-state index in [2.05, 4.69) is 9.71 Å². The Morgan fingerprint density at radius 3 is 2.59 bits per heavy atom. The molecule has 1 spiro atoms. The summed E-state index contributed by atoms with van der Waals surface area (Å²) in [5.74, 6) is 0.513. The second kappa shape index (κ2) is 9.98. The molecule has 1 saturated carbocycles. The van der Waals surface area contributed by atoms with Gasteiger partial charge in [-0.05, 0) is 56.5 Å². The van der Waals surface area contributed by atoms with Gasteiger partial charge in [0.2, 0.25) is 15.9 Å². The number of piperidine rings is 1. The number of β-amino-alcohol motifs (C(OH)–C–C–N with tert-alkyl or cyclic N) is 1. The minimum Gasteiger partial charge on any atom is -0.492 e. The summed E-state index contributed by atoms with van der Waals surface area (Å²) in [5.41, 5.74) is 1.18. The molecule has 1 unspecified atom stereocenters. The molecule has 3 aliphatic rings. The third kappa shape index (κ3) is 5.67. The predicted molar refractivity (Wildman–Crippen MR) is 139 cm³/mol. The van der Waals surface area contributed by atoms with Crippen molar-refractivity contribution in [3.63, 3.8) is 0 Å². The number of likely N-dealkylation sites (tertiary alicyclic amines) is 1. The van der Waals surface area contributed by atoms with Crippen molar-refractivity contribution in [2.24, 2.45) is 10.8 Å². The molecular weight excluding hydrogens is 492 g/mol. The zero-order valence-electron chi connectivity index (χ0n) is 21.5. The summed E-state index contributed by atoms with van der Waals surface area (Å²) in [7, 11) is -1.98. The van der Waals surface area contributed by atoms with Crippen molar-refractivity contribution in [1.29, 1.82) is 0 Å². The number of likely N-dealkylation sites (N-methyl/N-ethyl adjacent to an activating group) is 1. The van der Waals surface area contributed by atoms with Crippen LogP contribution >= 0.6 is 0 Å². The monoisotopic (exact) mass is 528 g/mol. The fourth-order valence-corrected chi connectivity index (χ4v) is 6.64. The Balaban J connectivity index is 1.45. The Hall–Kier alpha value is -2.53. The molecule has 0 radical (unpaired) electrons. The van der Waals surface area contributed by atoms with Gasteiger partial charge in [0.25, 0.3) is 0 Å². The molecule has 1 aromatic carbocycles. The van der Waals surface area contributed by atoms with E-state index in [9.17, 15) is 18.3 Å². The highest BCUT2D eigenvalue weighted by Crippen LogP contribution is 2.47. The Morgan fingerprint density at radius 1 is 1.16 bits per heavy atom. The van der Waals surface area contributed by atoms with Crippen LogP contribution in [0, 0.1) is 10.8 Å². The maximum atomic E-state index is 13.2. The Kier molecular flexibility index (Phi) is 7.04. The summed E-state index contributed by atoms with van der Waals surface area (Å²) < 4.78 is 35.3. The Labute approximate surface area is 218 Å². The molecule has 3 heterocycles. The summed E-state index contributed by atoms with van der Waals surface area (Å²) in [4.78, 5) is 21.2. The molecule has 2 aromatic rings. The number of ether oxygens (including phenoxy) is 1. The highest BCUT2D eigenvalue weighted by Gasteiger charge is 2.49. The first-order valence-electron chi connectivity index (χ1n) is 12.9. The zero-order chi connectivity index (χ0) is 26.3. The smallest absolute Gasteiger partial charge is 0.244 e. The van der Waals surface area contributed by atoms with Gasteiger partial charge in [0, 0.05) is 61.5 Å². The molecule has 2 fully saturated rings. The van der Waals surface area contributed by atoms with E-state index in [1.54, 1.807) is 30.6 Å². The van der Waals surface area contributed by atoms with Crippen LogP contribution in [-0.4, -0.2) is 86.7 Å². The van der Waals surface area contributed by atoms with Crippen LogP contribution in [0.5, 0.6) is 5.75 Å². The van der Waals surface area contributed by atoms with Crippen LogP contribution in [0.15, 0.2) is 47.6 Å². The number of hydrogen-bond donors (Lipinski definition) is 2. The van der Waals surface area contributed by atoms with Gasteiger partial charge in [-0.25, -0.2) is 13.1 Å². The quantitative estimate of drug-likeness (QED) is 0.614. The van der Waals surface area contributed by atoms with Crippen molar-refractivity contribution >= 4 is 15.9 Å². The number of fused-ring (bicyclic) bond motifs is 1. The van der Waals surface area contributed by atoms with Crippen molar-refractivity contribution in [3.8, 4) is 16.9 Å². The van der Waals surface area contributed by atoms with Gasteiger partial charge in [-0.1, -0.05) is 19.1 Å². The number of rotatable bonds is 2. The number of aliphatic hydroxyl groups is 1. The van der Waals surface area contributed by atoms with E-state index >= 15 is 0 Å². The number of benzene rings is 1. The van der Waals surface area contributed by atoms with E-state index in [-0.39, 0.29) is 33.9 Å². The highest BCUT2D eigenvalue weighted by molar-refractivity contribution is 7.89. The largest absolute Gasteiger partial charge is 0.492 e. The molecule has 2 aliphatic heterocycles. The molecule has 37 heavy (non-hydrogen) atoms. The lowest BCUT2D eigenvalue weighted by molar-refractivity contribution is -0.139. The fourth-order valence-electron chi connectivity index (χ4n) is 5.45. The average Bonchev–Trinajstić information content (AvgIpc) is 3.64. The summed E-state index contributed by atoms with van der Waals surface area (Å²) in [6.45, 7) is 4.56. The van der Waals surface area contributed by atoms with Gasteiger partial charge in [0.1, 0.15) is 10.6 Å². The lowest BCUT2D eigenvalue weighted by Gasteiger charge is -2.44. The van der Waals surface area contributed by atoms with Crippen molar-refractivity contribution in [2.45, 2.75) is 43.6 Å². The standard InChI is InChI=1S/C27H36N4O5S/c1-26(7-8-26)25(33)31-12-9-27(10-13-31)18-30(2)17-22(32)16-29-37(34,35)24-6-5-20(14-23(24)36-19-27)21-4-3-11-28-15-21/h3-6,11,14-15,22,29,32H,7-10,12-13,16-19H2,1-2H3. The third-order valence-electron chi connectivity index (χ3n) is 8.03. The van der Waals surface area contributed by atoms with Crippen LogP contribution in [0.3, 0.4) is 0 Å². The molecule has 0 bridgehead atoms. The van der Waals surface area contributed by atoms with Crippen LogP contribution < -0.4 is 9.46 Å². The number of carbonyl (C=O) groups excluding carboxylic acids is 1. The maximum absolute atomic E-state index is 13.2. The van der Waals surface area contributed by atoms with Crippen molar-refractivity contribution in [2.75, 3.05) is 46.4 Å². The van der Waals surface area contributed by atoms with Crippen molar-refractivity contribution < 1.29 is 23.1 Å². The predicted octanol–water partition coefficient (Wildman–Crippen LogP) is 2.12. The first-order valence-corrected chi connectivity index (χ1v) is 14.4. The first-order chi connectivity index (χ1) is 17.6. The summed E-state index contributed by atoms with van der Waals surface area (Å²) in [5, 5.41) is 10.6. The number of carbonyl (C=O) groups is 1. The van der Waals surface area contributed by atoms with Gasteiger partial charge in [-0.2, -0.15) is 0 Å². The molecule has 200 valence electrons. The number of aliphatic hydroxyl groups excluding tert-OH is 1. The second-order valence-corrected chi connectivity index (χ2v) is 13.0. The zero-order valence-corrected chi connectivity index (χ0v) is 22.3. The molecule has 10 heteroatoms. The van der Waals surface area contributed by atoms with E-state index in [1.165, 1.54) is 0 Å². The number of aromatic nitrogens is 1. The number of nitrogens with one attached hydrogen (secondary N) is 1. The van der Waals surface area contributed by atoms with Gasteiger partial charge in [-0.3, -0.25) is 9.78 Å². The molecular formula is C27H36N4O5S. The van der Waals surface area contributed by atoms with Crippen LogP contribution in [0.2, 0.25) is 0 Å². The molecule has 2 N–H and O–H groups in total. The Morgan fingerprint density at radius 2 is 1.92 bits per heavy atom. The van der Waals surface area contributed by atoms with Crippen molar-refractivity contribution in [1.82, 2.24) is 19.5 Å². The molecule has 1 aliphatic carbocycles. The molecule has 9 nitrogen and oxygen atoms in total. The van der Waals surface area contributed by atoms with E-state index in [0.29, 0.717) is 32.8 Å². The molecule has 1 amide bonds. The summed E-state index contributed by atoms with van der Waals surface area (Å²) in [6, 6.07) is 8.79. The lowest BCUT2D eigenvalue weighted by Crippen LogP contribution is -2.52. The van der Waals surface area contributed by atoms with Crippen LogP contribution in [0.25, 0.3) is 11.1 Å². The first kappa shape index (κ1) is 26.1. The van der Waals surface area contributed by atoms with Crippen LogP contribution in [-0.2, 0) is 14.8 Å². The topological polar surface area (TPSA) is 112 Å². The fraction of sp³-hybridized carbons (Fsp3) is 0.556. The second-order valence-electron chi connectivity index (χ2n) is 11.2. The van der Waals surface area contributed by atoms with Crippen LogP contribution in [0.4, 0.5) is 0 Å². The minimum atomic E-state index is -3.91. The van der Waals surface area contributed by atoms with Gasteiger partial charge in [0.05, 0.1) is 12.7 Å². The molecule has 1 atom stereocenters. The van der Waals surface area contributed by atoms with E-state index in [0.717, 1.165) is 36.8 Å². The maximum Gasteiger partial charge on any atom is 0.244 e. The summed E-state index contributed by atoms with van der Waals surface area (Å²) in [6.07, 6.45) is 5.96. The highest BCUT2D eigenvalue weighted by atomic mass is 32.2.